The second-order valence-electron chi connectivity index (χ2n) is 5.33. The number of nitrogens with zero attached hydrogens (tertiary/aromatic N) is 2. The predicted octanol–water partition coefficient (Wildman–Crippen LogP) is 1.17. The maximum Gasteiger partial charge on any atom is 0.253 e. The van der Waals surface area contributed by atoms with Crippen molar-refractivity contribution < 1.29 is 19.1 Å². The molecule has 6 nitrogen and oxygen atoms in total. The second-order valence-corrected chi connectivity index (χ2v) is 5.33. The quantitative estimate of drug-likeness (QED) is 0.762. The predicted molar refractivity (Wildman–Crippen MR) is 89.0 cm³/mol. The van der Waals surface area contributed by atoms with Gasteiger partial charge < -0.3 is 14.4 Å². The summed E-state index contributed by atoms with van der Waals surface area (Å²) < 4.78 is 9.54. The van der Waals surface area contributed by atoms with Crippen molar-refractivity contribution >= 4 is 12.2 Å². The first-order chi connectivity index (χ1) is 11.1. The third kappa shape index (κ3) is 6.90. The van der Waals surface area contributed by atoms with Crippen LogP contribution in [0.15, 0.2) is 24.3 Å². The number of carbonyl (C=O) groups excluding carboxylic acids is 2. The topological polar surface area (TPSA) is 59.1 Å². The SMILES string of the molecule is CN(CCN1CCOCC1)C(=O)c1cccc(C=O)c1.COC. The van der Waals surface area contributed by atoms with Gasteiger partial charge in [0.1, 0.15) is 6.29 Å². The first kappa shape index (κ1) is 19.3. The first-order valence-corrected chi connectivity index (χ1v) is 7.63. The molecule has 2 rings (SSSR count). The molecule has 1 aromatic rings. The number of hydrogen-bond acceptors (Lipinski definition) is 5. The lowest BCUT2D eigenvalue weighted by Gasteiger charge is -2.28. The number of hydrogen-bond donors (Lipinski definition) is 0. The third-order valence-corrected chi connectivity index (χ3v) is 3.47. The molecule has 1 heterocycles. The maximum absolute atomic E-state index is 12.3. The minimum Gasteiger partial charge on any atom is -0.388 e. The van der Waals surface area contributed by atoms with Gasteiger partial charge in [-0.1, -0.05) is 12.1 Å². The van der Waals surface area contributed by atoms with E-state index in [1.54, 1.807) is 50.4 Å². The van der Waals surface area contributed by atoms with Crippen LogP contribution in [0.4, 0.5) is 0 Å². The van der Waals surface area contributed by atoms with Crippen molar-refractivity contribution in [3.05, 3.63) is 35.4 Å². The normalized spacial score (nSPS) is 14.6. The number of aldehydes is 1. The zero-order valence-electron chi connectivity index (χ0n) is 14.2. The number of benzene rings is 1. The van der Waals surface area contributed by atoms with Crippen LogP contribution in [0.25, 0.3) is 0 Å². The van der Waals surface area contributed by atoms with Gasteiger partial charge in [0.15, 0.2) is 0 Å². The van der Waals surface area contributed by atoms with Crippen LogP contribution < -0.4 is 0 Å². The van der Waals surface area contributed by atoms with E-state index >= 15 is 0 Å². The van der Waals surface area contributed by atoms with Crippen LogP contribution in [-0.2, 0) is 9.47 Å². The molecular formula is C17H26N2O4. The lowest BCUT2D eigenvalue weighted by molar-refractivity contribution is 0.0338. The Morgan fingerprint density at radius 1 is 1.35 bits per heavy atom. The van der Waals surface area contributed by atoms with Crippen molar-refractivity contribution in [2.24, 2.45) is 0 Å². The molecule has 1 aliphatic rings. The van der Waals surface area contributed by atoms with Crippen molar-refractivity contribution in [2.45, 2.75) is 0 Å². The molecule has 0 unspecified atom stereocenters. The summed E-state index contributed by atoms with van der Waals surface area (Å²) in [4.78, 5) is 27.0. The molecule has 6 heteroatoms. The van der Waals surface area contributed by atoms with E-state index in [0.29, 0.717) is 17.7 Å². The monoisotopic (exact) mass is 322 g/mol. The summed E-state index contributed by atoms with van der Waals surface area (Å²) in [6, 6.07) is 6.78. The number of morpholine rings is 1. The zero-order valence-corrected chi connectivity index (χ0v) is 14.2. The van der Waals surface area contributed by atoms with Gasteiger partial charge in [0.2, 0.25) is 0 Å². The van der Waals surface area contributed by atoms with Gasteiger partial charge >= 0.3 is 0 Å². The smallest absolute Gasteiger partial charge is 0.253 e. The summed E-state index contributed by atoms with van der Waals surface area (Å²) >= 11 is 0. The van der Waals surface area contributed by atoms with Gasteiger partial charge in [-0.2, -0.15) is 0 Å². The summed E-state index contributed by atoms with van der Waals surface area (Å²) in [5.74, 6) is -0.0537. The van der Waals surface area contributed by atoms with Gasteiger partial charge in [-0.15, -0.1) is 0 Å². The minimum atomic E-state index is -0.0537. The Kier molecular flexibility index (Phi) is 9.12. The highest BCUT2D eigenvalue weighted by atomic mass is 16.5. The molecule has 0 spiro atoms. The van der Waals surface area contributed by atoms with Gasteiger partial charge in [0.25, 0.3) is 5.91 Å². The Balaban J connectivity index is 0.000000816. The van der Waals surface area contributed by atoms with Crippen LogP contribution >= 0.6 is 0 Å². The van der Waals surface area contributed by atoms with E-state index in [1.165, 1.54) is 0 Å². The van der Waals surface area contributed by atoms with Crippen LogP contribution in [0.1, 0.15) is 20.7 Å². The Morgan fingerprint density at radius 2 is 2.00 bits per heavy atom. The van der Waals surface area contributed by atoms with E-state index in [0.717, 1.165) is 39.1 Å². The number of rotatable bonds is 5. The lowest BCUT2D eigenvalue weighted by atomic mass is 10.1. The van der Waals surface area contributed by atoms with Gasteiger partial charge in [0, 0.05) is 58.6 Å². The maximum atomic E-state index is 12.3. The molecule has 128 valence electrons. The molecule has 1 saturated heterocycles. The van der Waals surface area contributed by atoms with Crippen LogP contribution in [0, 0.1) is 0 Å². The Labute approximate surface area is 138 Å². The third-order valence-electron chi connectivity index (χ3n) is 3.47. The van der Waals surface area contributed by atoms with Crippen molar-refractivity contribution in [1.29, 1.82) is 0 Å². The molecule has 23 heavy (non-hydrogen) atoms. The van der Waals surface area contributed by atoms with Crippen LogP contribution in [0.2, 0.25) is 0 Å². The average Bonchev–Trinajstić information content (AvgIpc) is 2.60. The summed E-state index contributed by atoms with van der Waals surface area (Å²) in [7, 11) is 5.04. The molecule has 1 aliphatic heterocycles. The highest BCUT2D eigenvalue weighted by Crippen LogP contribution is 2.07. The van der Waals surface area contributed by atoms with Crippen molar-refractivity contribution in [2.75, 3.05) is 60.7 Å². The number of carbonyl (C=O) groups is 2. The van der Waals surface area contributed by atoms with E-state index in [9.17, 15) is 9.59 Å². The zero-order chi connectivity index (χ0) is 17.1. The highest BCUT2D eigenvalue weighted by Gasteiger charge is 2.15. The molecule has 0 radical (unpaired) electrons. The molecule has 0 aliphatic carbocycles. The summed E-state index contributed by atoms with van der Waals surface area (Å²) in [6.45, 7) is 4.88. The van der Waals surface area contributed by atoms with E-state index in [1.807, 2.05) is 0 Å². The summed E-state index contributed by atoms with van der Waals surface area (Å²) in [5.41, 5.74) is 1.08. The van der Waals surface area contributed by atoms with Gasteiger partial charge in [-0.3, -0.25) is 14.5 Å². The molecule has 0 N–H and O–H groups in total. The molecular weight excluding hydrogens is 296 g/mol. The molecule has 0 aromatic heterocycles. The van der Waals surface area contributed by atoms with E-state index in [2.05, 4.69) is 9.64 Å². The van der Waals surface area contributed by atoms with Crippen LogP contribution in [0.3, 0.4) is 0 Å². The van der Waals surface area contributed by atoms with Crippen LogP contribution in [-0.4, -0.2) is 82.7 Å². The molecule has 0 bridgehead atoms. The molecule has 1 amide bonds. The molecule has 1 aromatic carbocycles. The average molecular weight is 322 g/mol. The number of ether oxygens (including phenoxy) is 2. The van der Waals surface area contributed by atoms with Gasteiger partial charge in [-0.05, 0) is 12.1 Å². The summed E-state index contributed by atoms with van der Waals surface area (Å²) in [5, 5.41) is 0. The van der Waals surface area contributed by atoms with Crippen molar-refractivity contribution in [3.63, 3.8) is 0 Å². The fourth-order valence-corrected chi connectivity index (χ4v) is 2.18. The second kappa shape index (κ2) is 10.9. The largest absolute Gasteiger partial charge is 0.388 e. The molecule has 0 atom stereocenters. The Hall–Kier alpha value is -1.76. The number of methoxy groups -OCH3 is 1. The van der Waals surface area contributed by atoms with E-state index in [-0.39, 0.29) is 5.91 Å². The standard InChI is InChI=1S/C15H20N2O3.C2H6O/c1-16(5-6-17-7-9-20-10-8-17)15(19)14-4-2-3-13(11-14)12-18;1-3-2/h2-4,11-12H,5-10H2,1H3;1-2H3. The first-order valence-electron chi connectivity index (χ1n) is 7.63. The fraction of sp³-hybridized carbons (Fsp3) is 0.529. The van der Waals surface area contributed by atoms with E-state index in [4.69, 9.17) is 4.74 Å². The van der Waals surface area contributed by atoms with Crippen molar-refractivity contribution in [3.8, 4) is 0 Å². The molecule has 0 saturated carbocycles. The lowest BCUT2D eigenvalue weighted by Crippen LogP contribution is -2.41. The van der Waals surface area contributed by atoms with E-state index < -0.39 is 0 Å². The Morgan fingerprint density at radius 3 is 2.61 bits per heavy atom. The fourth-order valence-electron chi connectivity index (χ4n) is 2.18. The number of amides is 1. The highest BCUT2D eigenvalue weighted by molar-refractivity contribution is 5.95. The number of likely N-dealkylation sites (N-methyl/N-ethyl adjacent to an activating group) is 1. The van der Waals surface area contributed by atoms with Crippen LogP contribution in [0.5, 0.6) is 0 Å². The van der Waals surface area contributed by atoms with Gasteiger partial charge in [-0.25, -0.2) is 0 Å². The summed E-state index contributed by atoms with van der Waals surface area (Å²) in [6.07, 6.45) is 0.754. The van der Waals surface area contributed by atoms with Crippen molar-refractivity contribution in [1.82, 2.24) is 9.80 Å². The molecule has 1 fully saturated rings. The van der Waals surface area contributed by atoms with Gasteiger partial charge in [0.05, 0.1) is 13.2 Å². The minimum absolute atomic E-state index is 0.0537. The Bertz CT molecular complexity index is 487.